The van der Waals surface area contributed by atoms with Crippen molar-refractivity contribution in [3.8, 4) is 34.3 Å². The maximum Gasteiger partial charge on any atom is 0.254 e. The molecule has 220 valence electrons. The van der Waals surface area contributed by atoms with Crippen molar-refractivity contribution in [3.05, 3.63) is 54.1 Å². The number of anilines is 1. The van der Waals surface area contributed by atoms with Crippen molar-refractivity contribution in [2.24, 2.45) is 24.6 Å². The Balaban J connectivity index is 1.24. The Bertz CT molecular complexity index is 1940. The maximum absolute atomic E-state index is 13.7. The number of imidazole rings is 1. The van der Waals surface area contributed by atoms with Gasteiger partial charge in [0.2, 0.25) is 0 Å². The number of phenols is 1. The van der Waals surface area contributed by atoms with E-state index >= 15 is 0 Å². The minimum absolute atomic E-state index is 0.00973. The molecule has 5 N–H and O–H groups in total. The van der Waals surface area contributed by atoms with E-state index in [9.17, 15) is 9.90 Å². The molecule has 3 atom stereocenters. The number of nitrogens with two attached hydrogens (primary N) is 2. The molecule has 2 aliphatic carbocycles. The first-order valence-corrected chi connectivity index (χ1v) is 15.0. The molecule has 10 heteroatoms. The molecule has 8 rings (SSSR count). The molecule has 2 bridgehead atoms. The zero-order valence-corrected chi connectivity index (χ0v) is 24.3. The number of rotatable bonds is 6. The molecule has 3 aliphatic rings. The molecule has 0 spiro atoms. The highest BCUT2D eigenvalue weighted by Gasteiger charge is 2.47. The fourth-order valence-electron chi connectivity index (χ4n) is 7.20. The summed E-state index contributed by atoms with van der Waals surface area (Å²) in [6.07, 6.45) is 4.44. The van der Waals surface area contributed by atoms with Gasteiger partial charge >= 0.3 is 0 Å². The van der Waals surface area contributed by atoms with Crippen LogP contribution in [-0.4, -0.2) is 60.8 Å². The summed E-state index contributed by atoms with van der Waals surface area (Å²) in [4.78, 5) is 25.8. The Labute approximate surface area is 248 Å². The van der Waals surface area contributed by atoms with Crippen molar-refractivity contribution in [1.82, 2.24) is 24.0 Å². The number of ether oxygens (including phenoxy) is 1. The van der Waals surface area contributed by atoms with Gasteiger partial charge in [-0.3, -0.25) is 4.79 Å². The molecule has 0 radical (unpaired) electrons. The fraction of sp³-hybridized carbons (Fsp3) is 0.364. The van der Waals surface area contributed by atoms with Crippen LogP contribution in [0.1, 0.15) is 36.0 Å². The van der Waals surface area contributed by atoms with E-state index in [1.807, 2.05) is 36.2 Å². The first-order chi connectivity index (χ1) is 20.8. The fourth-order valence-corrected chi connectivity index (χ4v) is 7.20. The van der Waals surface area contributed by atoms with Gasteiger partial charge in [0.25, 0.3) is 5.91 Å². The lowest BCUT2D eigenvalue weighted by molar-refractivity contribution is 0.0700. The van der Waals surface area contributed by atoms with Crippen LogP contribution in [0.25, 0.3) is 44.8 Å². The number of phenolic OH excluding ortho intramolecular Hbond substituents is 1. The first-order valence-electron chi connectivity index (χ1n) is 15.0. The Morgan fingerprint density at radius 2 is 1.91 bits per heavy atom. The van der Waals surface area contributed by atoms with Crippen molar-refractivity contribution in [3.63, 3.8) is 0 Å². The predicted octanol–water partition coefficient (Wildman–Crippen LogP) is 4.53. The van der Waals surface area contributed by atoms with E-state index in [1.54, 1.807) is 19.2 Å². The lowest BCUT2D eigenvalue weighted by Gasteiger charge is -2.27. The van der Waals surface area contributed by atoms with Crippen LogP contribution in [0.15, 0.2) is 48.5 Å². The minimum Gasteiger partial charge on any atom is -0.506 e. The topological polar surface area (TPSA) is 137 Å². The quantitative estimate of drug-likeness (QED) is 0.199. The van der Waals surface area contributed by atoms with Crippen molar-refractivity contribution < 1.29 is 14.6 Å². The number of aryl methyl sites for hydroxylation is 1. The Kier molecular flexibility index (Phi) is 5.74. The number of nitrogen functional groups attached to an aromatic ring is 1. The highest BCUT2D eigenvalue weighted by molar-refractivity contribution is 6.00. The first kappa shape index (κ1) is 26.1. The number of aromatic hydroxyl groups is 1. The van der Waals surface area contributed by atoms with Crippen molar-refractivity contribution in [2.45, 2.75) is 44.3 Å². The third-order valence-electron chi connectivity index (χ3n) is 9.75. The average molecular weight is 578 g/mol. The van der Waals surface area contributed by atoms with E-state index in [4.69, 9.17) is 26.2 Å². The average Bonchev–Trinajstić information content (AvgIpc) is 3.42. The minimum atomic E-state index is -0.00973. The van der Waals surface area contributed by atoms with Gasteiger partial charge in [-0.2, -0.15) is 0 Å². The summed E-state index contributed by atoms with van der Waals surface area (Å²) < 4.78 is 10.2. The molecule has 4 heterocycles. The van der Waals surface area contributed by atoms with Crippen LogP contribution in [0.4, 0.5) is 5.69 Å². The largest absolute Gasteiger partial charge is 0.506 e. The van der Waals surface area contributed by atoms with E-state index in [-0.39, 0.29) is 23.7 Å². The maximum atomic E-state index is 13.7. The number of pyridine rings is 1. The molecule has 3 aromatic heterocycles. The van der Waals surface area contributed by atoms with E-state index < -0.39 is 0 Å². The molecule has 1 aliphatic heterocycles. The number of fused-ring (bicyclic) bond motifs is 4. The highest BCUT2D eigenvalue weighted by Crippen LogP contribution is 2.40. The van der Waals surface area contributed by atoms with Gasteiger partial charge in [-0.15, -0.1) is 0 Å². The Morgan fingerprint density at radius 3 is 2.60 bits per heavy atom. The van der Waals surface area contributed by atoms with Crippen molar-refractivity contribution in [1.29, 1.82) is 0 Å². The van der Waals surface area contributed by atoms with Gasteiger partial charge in [0.15, 0.2) is 5.82 Å². The standard InChI is InChI=1S/C33H35N7O3/c1-38-30-24(12-21(14-28(30)43-2)33(42)40-16-20-6-9-25(40)29(20)35)37-32(38)26-13-19-5-8-23(18-7-10-27(41)22(34)11-18)36-31(19)39(26)15-17-3-4-17/h5,7-8,10-14,17,20,25,29,41H,3-4,6,9,15-16,34-35H2,1-2H3/t20?,25?,29-/m1/s1. The van der Waals surface area contributed by atoms with Crippen LogP contribution < -0.4 is 16.2 Å². The van der Waals surface area contributed by atoms with E-state index in [2.05, 4.69) is 21.3 Å². The monoisotopic (exact) mass is 577 g/mol. The molecule has 3 fully saturated rings. The summed E-state index contributed by atoms with van der Waals surface area (Å²) in [5.41, 5.74) is 18.3. The van der Waals surface area contributed by atoms with E-state index in [1.165, 1.54) is 12.8 Å². The zero-order chi connectivity index (χ0) is 29.6. The summed E-state index contributed by atoms with van der Waals surface area (Å²) in [5.74, 6) is 2.43. The molecule has 1 saturated heterocycles. The third-order valence-corrected chi connectivity index (χ3v) is 9.75. The SMILES string of the molecule is COc1cc(C(=O)N2CC3CCC2[C@@H]3N)cc2nc(-c3cc4ccc(-c5ccc(O)c(N)c5)nc4n3CC3CC3)n(C)c12. The smallest absolute Gasteiger partial charge is 0.254 e. The van der Waals surface area contributed by atoms with Crippen LogP contribution >= 0.6 is 0 Å². The second-order valence-electron chi connectivity index (χ2n) is 12.4. The summed E-state index contributed by atoms with van der Waals surface area (Å²) in [5, 5.41) is 10.9. The molecule has 43 heavy (non-hydrogen) atoms. The van der Waals surface area contributed by atoms with Gasteiger partial charge in [-0.05, 0) is 86.1 Å². The molecule has 2 aromatic carbocycles. The second kappa shape index (κ2) is 9.47. The van der Waals surface area contributed by atoms with Crippen LogP contribution in [0.3, 0.4) is 0 Å². The number of hydrogen-bond donors (Lipinski definition) is 3. The second-order valence-corrected chi connectivity index (χ2v) is 12.4. The number of aromatic nitrogens is 4. The molecule has 1 amide bonds. The molecule has 2 saturated carbocycles. The predicted molar refractivity (Wildman–Crippen MR) is 166 cm³/mol. The molecule has 5 aromatic rings. The number of nitrogens with zero attached hydrogens (tertiary/aromatic N) is 5. The van der Waals surface area contributed by atoms with Gasteiger partial charge in [0.05, 0.1) is 29.7 Å². The zero-order valence-electron chi connectivity index (χ0n) is 24.3. The summed E-state index contributed by atoms with van der Waals surface area (Å²) in [6.45, 7) is 1.56. The number of amides is 1. The van der Waals surface area contributed by atoms with Gasteiger partial charge in [0, 0.05) is 48.7 Å². The van der Waals surface area contributed by atoms with Crippen LogP contribution in [0.5, 0.6) is 11.5 Å². The summed E-state index contributed by atoms with van der Waals surface area (Å²) in [6, 6.07) is 15.3. The number of methoxy groups -OCH3 is 1. The Hall–Kier alpha value is -4.57. The molecule has 10 nitrogen and oxygen atoms in total. The van der Waals surface area contributed by atoms with Crippen molar-refractivity contribution >= 4 is 33.7 Å². The number of likely N-dealkylation sites (tertiary alicyclic amines) is 1. The number of carbonyl (C=O) groups is 1. The molecular formula is C33H35N7O3. The van der Waals surface area contributed by atoms with Gasteiger partial charge in [-0.25, -0.2) is 9.97 Å². The van der Waals surface area contributed by atoms with Crippen molar-refractivity contribution in [2.75, 3.05) is 19.4 Å². The third kappa shape index (κ3) is 4.07. The Morgan fingerprint density at radius 1 is 1.07 bits per heavy atom. The highest BCUT2D eigenvalue weighted by atomic mass is 16.5. The lowest BCUT2D eigenvalue weighted by atomic mass is 10.1. The van der Waals surface area contributed by atoms with Gasteiger partial charge in [-0.1, -0.05) is 0 Å². The normalized spacial score (nSPS) is 21.4. The lowest BCUT2D eigenvalue weighted by Crippen LogP contribution is -2.41. The molecular weight excluding hydrogens is 542 g/mol. The van der Waals surface area contributed by atoms with E-state index in [0.717, 1.165) is 58.7 Å². The summed E-state index contributed by atoms with van der Waals surface area (Å²) in [7, 11) is 3.62. The number of hydrogen-bond acceptors (Lipinski definition) is 7. The van der Waals surface area contributed by atoms with Crippen LogP contribution in [-0.2, 0) is 13.6 Å². The summed E-state index contributed by atoms with van der Waals surface area (Å²) >= 11 is 0. The van der Waals surface area contributed by atoms with Crippen LogP contribution in [0, 0.1) is 11.8 Å². The molecule has 2 unspecified atom stereocenters. The number of piperidine rings is 1. The number of benzene rings is 2. The van der Waals surface area contributed by atoms with Gasteiger partial charge in [0.1, 0.15) is 22.7 Å². The van der Waals surface area contributed by atoms with Gasteiger partial charge < -0.3 is 35.3 Å². The van der Waals surface area contributed by atoms with Crippen LogP contribution in [0.2, 0.25) is 0 Å². The number of carbonyl (C=O) groups excluding carboxylic acids is 1. The van der Waals surface area contributed by atoms with E-state index in [0.29, 0.717) is 40.9 Å².